The summed E-state index contributed by atoms with van der Waals surface area (Å²) >= 11 is 1.49. The minimum atomic E-state index is -0.0525. The first kappa shape index (κ1) is 10.5. The fourth-order valence-electron chi connectivity index (χ4n) is 1.19. The number of carbonyl (C=O) groups excluding carboxylic acids is 1. The number of hydrogen-bond acceptors (Lipinski definition) is 3. The molecule has 0 fully saturated rings. The number of carbonyl (C=O) groups is 1. The van der Waals surface area contributed by atoms with Crippen molar-refractivity contribution in [1.29, 1.82) is 0 Å². The number of hydrogen-bond donors (Lipinski definition) is 0. The van der Waals surface area contributed by atoms with Crippen LogP contribution >= 0.6 is 21.8 Å². The standard InChI is InChI=1S/C11H11NOS2/c1-8-4-3-5-15(7-8)11-12-6-10(14-11)9(2)13/h3-7H,1-2H3. The molecule has 0 bridgehead atoms. The Morgan fingerprint density at radius 3 is 2.93 bits per heavy atom. The number of rotatable bonds is 2. The first-order valence-corrected chi connectivity index (χ1v) is 6.72. The molecule has 2 rings (SSSR count). The molecule has 1 atom stereocenters. The summed E-state index contributed by atoms with van der Waals surface area (Å²) in [5, 5.41) is 4.30. The molecule has 0 saturated carbocycles. The minimum absolute atomic E-state index is 0.0525. The maximum atomic E-state index is 11.1. The van der Waals surface area contributed by atoms with Gasteiger partial charge in [-0.2, -0.15) is 0 Å². The average Bonchev–Trinajstić information content (AvgIpc) is 2.66. The molecule has 1 aliphatic rings. The van der Waals surface area contributed by atoms with E-state index < -0.39 is 0 Å². The molecule has 1 aromatic rings. The molecular weight excluding hydrogens is 226 g/mol. The lowest BCUT2D eigenvalue weighted by molar-refractivity contribution is 0.102. The summed E-state index contributed by atoms with van der Waals surface area (Å²) < 4.78 is 1.02. The number of allylic oxidation sites excluding steroid dienone is 3. The number of ketones is 1. The molecule has 4 heteroatoms. The molecule has 78 valence electrons. The summed E-state index contributed by atoms with van der Waals surface area (Å²) in [4.78, 5) is 16.2. The molecule has 0 amide bonds. The quantitative estimate of drug-likeness (QED) is 0.584. The molecule has 2 heterocycles. The van der Waals surface area contributed by atoms with Gasteiger partial charge in [-0.1, -0.05) is 12.2 Å². The van der Waals surface area contributed by atoms with Crippen LogP contribution in [0.25, 0.3) is 0 Å². The van der Waals surface area contributed by atoms with E-state index in [0.29, 0.717) is 0 Å². The van der Waals surface area contributed by atoms with Gasteiger partial charge >= 0.3 is 0 Å². The maximum absolute atomic E-state index is 11.1. The predicted molar refractivity (Wildman–Crippen MR) is 66.9 cm³/mol. The minimum Gasteiger partial charge on any atom is -0.294 e. The summed E-state index contributed by atoms with van der Waals surface area (Å²) in [5.74, 6) is 0.0932. The third-order valence-corrected chi connectivity index (χ3v) is 5.24. The van der Waals surface area contributed by atoms with Crippen LogP contribution in [-0.4, -0.2) is 16.1 Å². The summed E-state index contributed by atoms with van der Waals surface area (Å²) in [6, 6.07) is 0. The van der Waals surface area contributed by atoms with E-state index in [4.69, 9.17) is 0 Å². The van der Waals surface area contributed by atoms with Gasteiger partial charge in [-0.3, -0.25) is 4.79 Å². The second-order valence-corrected chi connectivity index (χ2v) is 6.20. The van der Waals surface area contributed by atoms with Crippen molar-refractivity contribution in [2.75, 3.05) is 0 Å². The highest BCUT2D eigenvalue weighted by atomic mass is 32.2. The molecule has 0 spiro atoms. The Kier molecular flexibility index (Phi) is 2.98. The van der Waals surface area contributed by atoms with E-state index in [2.05, 4.69) is 28.8 Å². The van der Waals surface area contributed by atoms with E-state index in [1.807, 2.05) is 6.08 Å². The summed E-state index contributed by atoms with van der Waals surface area (Å²) in [6.07, 6.45) is 5.79. The number of Topliss-reactive ketones (excluding diaryl/α,β-unsaturated/α-hetero) is 1. The van der Waals surface area contributed by atoms with Crippen LogP contribution in [0.15, 0.2) is 33.7 Å². The van der Waals surface area contributed by atoms with E-state index >= 15 is 0 Å². The lowest BCUT2D eigenvalue weighted by Gasteiger charge is -2.03. The molecule has 1 aromatic heterocycles. The van der Waals surface area contributed by atoms with Gasteiger partial charge in [0.25, 0.3) is 0 Å². The van der Waals surface area contributed by atoms with E-state index in [1.165, 1.54) is 16.9 Å². The van der Waals surface area contributed by atoms with Crippen molar-refractivity contribution in [2.45, 2.75) is 18.2 Å². The highest BCUT2D eigenvalue weighted by Gasteiger charge is 2.08. The molecule has 2 nitrogen and oxygen atoms in total. The smallest absolute Gasteiger partial charge is 0.171 e. The summed E-state index contributed by atoms with van der Waals surface area (Å²) in [5.41, 5.74) is 1.25. The number of aromatic nitrogens is 1. The maximum Gasteiger partial charge on any atom is 0.171 e. The third kappa shape index (κ3) is 2.33. The van der Waals surface area contributed by atoms with E-state index in [0.717, 1.165) is 9.22 Å². The van der Waals surface area contributed by atoms with Crippen LogP contribution in [0.5, 0.6) is 0 Å². The second kappa shape index (κ2) is 4.24. The highest BCUT2D eigenvalue weighted by Crippen LogP contribution is 2.34. The van der Waals surface area contributed by atoms with Crippen molar-refractivity contribution >= 4 is 33.0 Å². The van der Waals surface area contributed by atoms with Crippen LogP contribution in [0.3, 0.4) is 0 Å². The first-order chi connectivity index (χ1) is 7.16. The zero-order valence-electron chi connectivity index (χ0n) is 8.56. The van der Waals surface area contributed by atoms with Gasteiger partial charge in [0.05, 0.1) is 11.1 Å². The van der Waals surface area contributed by atoms with Gasteiger partial charge < -0.3 is 0 Å². The van der Waals surface area contributed by atoms with Gasteiger partial charge in [-0.05, 0) is 23.3 Å². The zero-order valence-corrected chi connectivity index (χ0v) is 10.2. The fraction of sp³-hybridized carbons (Fsp3) is 0.182. The number of nitrogens with zero attached hydrogens (tertiary/aromatic N) is 1. The van der Waals surface area contributed by atoms with Gasteiger partial charge in [0.2, 0.25) is 0 Å². The third-order valence-electron chi connectivity index (χ3n) is 1.93. The summed E-state index contributed by atoms with van der Waals surface area (Å²) in [7, 11) is -0.0525. The van der Waals surface area contributed by atoms with Crippen LogP contribution in [0, 0.1) is 0 Å². The average molecular weight is 237 g/mol. The van der Waals surface area contributed by atoms with Crippen molar-refractivity contribution < 1.29 is 4.79 Å². The van der Waals surface area contributed by atoms with Crippen LogP contribution in [0.4, 0.5) is 0 Å². The molecule has 0 aromatic carbocycles. The molecule has 0 N–H and O–H groups in total. The van der Waals surface area contributed by atoms with Crippen molar-refractivity contribution in [1.82, 2.24) is 4.98 Å². The Morgan fingerprint density at radius 2 is 2.33 bits per heavy atom. The molecule has 0 radical (unpaired) electrons. The normalized spacial score (nSPS) is 19.6. The Morgan fingerprint density at radius 1 is 1.53 bits per heavy atom. The highest BCUT2D eigenvalue weighted by molar-refractivity contribution is 8.19. The van der Waals surface area contributed by atoms with Crippen molar-refractivity contribution in [3.8, 4) is 0 Å². The first-order valence-electron chi connectivity index (χ1n) is 4.55. The van der Waals surface area contributed by atoms with Crippen LogP contribution in [-0.2, 0) is 0 Å². The monoisotopic (exact) mass is 237 g/mol. The van der Waals surface area contributed by atoms with Gasteiger partial charge in [-0.25, -0.2) is 4.98 Å². The zero-order chi connectivity index (χ0) is 10.8. The second-order valence-electron chi connectivity index (χ2n) is 3.28. The lowest BCUT2D eigenvalue weighted by atomic mass is 10.3. The van der Waals surface area contributed by atoms with Gasteiger partial charge in [-0.15, -0.1) is 21.8 Å². The van der Waals surface area contributed by atoms with Gasteiger partial charge in [0.15, 0.2) is 5.78 Å². The fourth-order valence-corrected chi connectivity index (χ4v) is 3.90. The van der Waals surface area contributed by atoms with Crippen LogP contribution < -0.4 is 0 Å². The molecule has 1 unspecified atom stereocenters. The topological polar surface area (TPSA) is 30.0 Å². The van der Waals surface area contributed by atoms with Crippen molar-refractivity contribution in [3.63, 3.8) is 0 Å². The largest absolute Gasteiger partial charge is 0.294 e. The Bertz CT molecular complexity index is 494. The Hall–Kier alpha value is -1.00. The predicted octanol–water partition coefficient (Wildman–Crippen LogP) is 3.25. The van der Waals surface area contributed by atoms with Crippen molar-refractivity contribution in [2.24, 2.45) is 0 Å². The van der Waals surface area contributed by atoms with Crippen molar-refractivity contribution in [3.05, 3.63) is 34.2 Å². The van der Waals surface area contributed by atoms with E-state index in [9.17, 15) is 4.79 Å². The molecular formula is C11H11NOS2. The Balaban J connectivity index is 2.35. The summed E-state index contributed by atoms with van der Waals surface area (Å²) in [6.45, 7) is 3.65. The number of thiazole rings is 1. The Labute approximate surface area is 95.3 Å². The van der Waals surface area contributed by atoms with Gasteiger partial charge in [0.1, 0.15) is 4.34 Å². The van der Waals surface area contributed by atoms with Crippen LogP contribution in [0.2, 0.25) is 0 Å². The molecule has 0 saturated heterocycles. The molecule has 0 aliphatic carbocycles. The lowest BCUT2D eigenvalue weighted by Crippen LogP contribution is -1.83. The van der Waals surface area contributed by atoms with Crippen LogP contribution in [0.1, 0.15) is 23.5 Å². The van der Waals surface area contributed by atoms with E-state index in [-0.39, 0.29) is 16.3 Å². The van der Waals surface area contributed by atoms with E-state index in [1.54, 1.807) is 13.1 Å². The SMILES string of the molecule is CC(=O)c1cnc(S2=CC=CC(C)=C2)s1. The molecule has 1 aliphatic heterocycles. The van der Waals surface area contributed by atoms with Gasteiger partial charge in [0, 0.05) is 6.92 Å². The molecule has 15 heavy (non-hydrogen) atoms.